The predicted molar refractivity (Wildman–Crippen MR) is 168 cm³/mol. The van der Waals surface area contributed by atoms with Crippen molar-refractivity contribution in [3.63, 3.8) is 0 Å². The van der Waals surface area contributed by atoms with Gasteiger partial charge in [0.2, 0.25) is 0 Å². The van der Waals surface area contributed by atoms with Crippen LogP contribution in [-0.4, -0.2) is 14.2 Å². The first kappa shape index (κ1) is 26.6. The van der Waals surface area contributed by atoms with E-state index in [-0.39, 0.29) is 0 Å². The first-order valence-electron chi connectivity index (χ1n) is 13.3. The summed E-state index contributed by atoms with van der Waals surface area (Å²) in [6.45, 7) is 6.40. The summed E-state index contributed by atoms with van der Waals surface area (Å²) in [5, 5.41) is 0. The van der Waals surface area contributed by atoms with Gasteiger partial charge in [-0.3, -0.25) is 0 Å². The van der Waals surface area contributed by atoms with Crippen molar-refractivity contribution in [1.29, 1.82) is 0 Å². The van der Waals surface area contributed by atoms with Crippen LogP contribution in [0.5, 0.6) is 11.5 Å². The van der Waals surface area contributed by atoms with Gasteiger partial charge in [-0.05, 0) is 76.7 Å². The monoisotopic (exact) mass is 523 g/mol. The van der Waals surface area contributed by atoms with Gasteiger partial charge in [0.05, 0.1) is 19.9 Å². The molecule has 0 spiro atoms. The second-order valence-electron chi connectivity index (χ2n) is 9.43. The third-order valence-electron chi connectivity index (χ3n) is 7.04. The van der Waals surface area contributed by atoms with Crippen molar-refractivity contribution < 1.29 is 9.47 Å². The Labute approximate surface area is 237 Å². The topological polar surface area (TPSA) is 21.7 Å². The number of para-hydroxylation sites is 1. The predicted octanol–water partition coefficient (Wildman–Crippen LogP) is 9.79. The fourth-order valence-electron chi connectivity index (χ4n) is 5.04. The normalized spacial score (nSPS) is 11.4. The highest BCUT2D eigenvalue weighted by Crippen LogP contribution is 2.45. The molecule has 0 atom stereocenters. The summed E-state index contributed by atoms with van der Waals surface area (Å²) in [5.74, 6) is 1.31. The molecule has 0 aromatic heterocycles. The van der Waals surface area contributed by atoms with Gasteiger partial charge in [0.25, 0.3) is 0 Å². The Bertz CT molecular complexity index is 1570. The number of allylic oxidation sites excluding steroid dienone is 2. The molecule has 3 heteroatoms. The molecule has 0 fully saturated rings. The van der Waals surface area contributed by atoms with Crippen LogP contribution in [0.1, 0.15) is 12.5 Å². The molecule has 0 unspecified atom stereocenters. The van der Waals surface area contributed by atoms with Crippen molar-refractivity contribution in [1.82, 2.24) is 0 Å². The fourth-order valence-corrected chi connectivity index (χ4v) is 5.04. The number of hydrogen-bond donors (Lipinski definition) is 0. The Morgan fingerprint density at radius 2 is 1.18 bits per heavy atom. The Balaban J connectivity index is 1.84. The van der Waals surface area contributed by atoms with Gasteiger partial charge in [-0.25, -0.2) is 0 Å². The smallest absolute Gasteiger partial charge is 0.184 e. The van der Waals surface area contributed by atoms with Crippen molar-refractivity contribution in [3.8, 4) is 33.8 Å². The third kappa shape index (κ3) is 5.41. The van der Waals surface area contributed by atoms with Gasteiger partial charge >= 0.3 is 0 Å². The Morgan fingerprint density at radius 3 is 1.68 bits per heavy atom. The molecule has 0 amide bonds. The fraction of sp³-hybridized carbons (Fsp3) is 0.0811. The maximum absolute atomic E-state index is 5.96. The minimum atomic E-state index is 0.650. The zero-order valence-corrected chi connectivity index (χ0v) is 23.2. The van der Waals surface area contributed by atoms with E-state index in [1.807, 2.05) is 36.4 Å². The van der Waals surface area contributed by atoms with Crippen molar-refractivity contribution in [2.24, 2.45) is 0 Å². The molecule has 5 rings (SSSR count). The molecule has 5 aromatic rings. The van der Waals surface area contributed by atoms with Crippen LogP contribution in [0.2, 0.25) is 0 Å². The molecule has 0 saturated heterocycles. The van der Waals surface area contributed by atoms with Crippen LogP contribution in [0, 0.1) is 0 Å². The molecule has 0 bridgehead atoms. The lowest BCUT2D eigenvalue weighted by Crippen LogP contribution is -2.18. The molecule has 5 aromatic carbocycles. The summed E-state index contributed by atoms with van der Waals surface area (Å²) in [4.78, 5) is 2.22. The average Bonchev–Trinajstić information content (AvgIpc) is 3.03. The van der Waals surface area contributed by atoms with E-state index in [0.29, 0.717) is 11.5 Å². The van der Waals surface area contributed by atoms with Crippen LogP contribution in [0.15, 0.2) is 146 Å². The zero-order valence-electron chi connectivity index (χ0n) is 23.2. The Hall–Kier alpha value is -5.02. The number of benzene rings is 5. The standard InChI is InChI=1S/C37H33NO2/c1-5-34(27(2)28-16-9-6-10-17-28)38(35-22-15-23-36(39-3)37(35)40-4)33-25-31(29-18-11-7-12-19-29)24-32(26-33)30-20-13-8-14-21-30/h5-26H,1H2,2-4H3/b34-27-. The summed E-state index contributed by atoms with van der Waals surface area (Å²) in [7, 11) is 3.34. The molecule has 0 N–H and O–H groups in total. The van der Waals surface area contributed by atoms with Gasteiger partial charge in [0.1, 0.15) is 0 Å². The largest absolute Gasteiger partial charge is 0.493 e. The molecule has 0 aliphatic rings. The van der Waals surface area contributed by atoms with Crippen molar-refractivity contribution in [2.45, 2.75) is 6.92 Å². The molecule has 3 nitrogen and oxygen atoms in total. The van der Waals surface area contributed by atoms with E-state index < -0.39 is 0 Å². The number of ether oxygens (including phenoxy) is 2. The summed E-state index contributed by atoms with van der Waals surface area (Å²) in [6.07, 6.45) is 1.92. The molecule has 198 valence electrons. The van der Waals surface area contributed by atoms with Gasteiger partial charge in [-0.2, -0.15) is 0 Å². The van der Waals surface area contributed by atoms with E-state index >= 15 is 0 Å². The number of anilines is 2. The Kier molecular flexibility index (Phi) is 8.13. The Morgan fingerprint density at radius 1 is 0.625 bits per heavy atom. The first-order chi connectivity index (χ1) is 19.6. The first-order valence-corrected chi connectivity index (χ1v) is 13.3. The summed E-state index contributed by atoms with van der Waals surface area (Å²) in [6, 6.07) is 44.0. The van der Waals surface area contributed by atoms with E-state index in [4.69, 9.17) is 9.47 Å². The third-order valence-corrected chi connectivity index (χ3v) is 7.04. The molecule has 0 heterocycles. The number of methoxy groups -OCH3 is 2. The van der Waals surface area contributed by atoms with Gasteiger partial charge in [-0.1, -0.05) is 104 Å². The molecular formula is C37H33NO2. The second-order valence-corrected chi connectivity index (χ2v) is 9.43. The molecule has 0 aliphatic heterocycles. The van der Waals surface area contributed by atoms with Crippen molar-refractivity contribution >= 4 is 16.9 Å². The lowest BCUT2D eigenvalue weighted by Gasteiger charge is -2.31. The van der Waals surface area contributed by atoms with Crippen molar-refractivity contribution in [3.05, 3.63) is 151 Å². The van der Waals surface area contributed by atoms with E-state index in [2.05, 4.69) is 115 Å². The van der Waals surface area contributed by atoms with E-state index in [0.717, 1.165) is 50.5 Å². The summed E-state index contributed by atoms with van der Waals surface area (Å²) >= 11 is 0. The van der Waals surface area contributed by atoms with Crippen LogP contribution in [0.3, 0.4) is 0 Å². The van der Waals surface area contributed by atoms with Crippen LogP contribution >= 0.6 is 0 Å². The van der Waals surface area contributed by atoms with Crippen LogP contribution in [0.25, 0.3) is 27.8 Å². The highest BCUT2D eigenvalue weighted by molar-refractivity contribution is 5.88. The van der Waals surface area contributed by atoms with Crippen LogP contribution in [-0.2, 0) is 0 Å². The minimum Gasteiger partial charge on any atom is -0.493 e. The van der Waals surface area contributed by atoms with E-state index in [1.54, 1.807) is 14.2 Å². The maximum Gasteiger partial charge on any atom is 0.184 e. The molecule has 0 saturated carbocycles. The van der Waals surface area contributed by atoms with Gasteiger partial charge in [0.15, 0.2) is 11.5 Å². The minimum absolute atomic E-state index is 0.650. The lowest BCUT2D eigenvalue weighted by molar-refractivity contribution is 0.356. The SMILES string of the molecule is C=C/C(=C(\C)c1ccccc1)N(c1cc(-c2ccccc2)cc(-c2ccccc2)c1)c1cccc(OC)c1OC. The van der Waals surface area contributed by atoms with E-state index in [9.17, 15) is 0 Å². The van der Waals surface area contributed by atoms with Crippen molar-refractivity contribution in [2.75, 3.05) is 19.1 Å². The number of nitrogens with zero attached hydrogens (tertiary/aromatic N) is 1. The van der Waals surface area contributed by atoms with Gasteiger partial charge in [-0.15, -0.1) is 0 Å². The number of rotatable bonds is 9. The van der Waals surface area contributed by atoms with Crippen LogP contribution in [0.4, 0.5) is 11.4 Å². The second kappa shape index (κ2) is 12.2. The highest BCUT2D eigenvalue weighted by atomic mass is 16.5. The summed E-state index contributed by atoms with van der Waals surface area (Å²) in [5.41, 5.74) is 9.51. The number of hydrogen-bond acceptors (Lipinski definition) is 3. The van der Waals surface area contributed by atoms with Gasteiger partial charge in [0, 0.05) is 11.4 Å². The molecule has 40 heavy (non-hydrogen) atoms. The maximum atomic E-state index is 5.96. The molecule has 0 radical (unpaired) electrons. The van der Waals surface area contributed by atoms with Gasteiger partial charge < -0.3 is 14.4 Å². The van der Waals surface area contributed by atoms with Crippen LogP contribution < -0.4 is 14.4 Å². The van der Waals surface area contributed by atoms with E-state index in [1.165, 1.54) is 0 Å². The molecule has 0 aliphatic carbocycles. The lowest BCUT2D eigenvalue weighted by atomic mass is 9.96. The molecular weight excluding hydrogens is 490 g/mol. The quantitative estimate of drug-likeness (QED) is 0.179. The average molecular weight is 524 g/mol. The summed E-state index contributed by atoms with van der Waals surface area (Å²) < 4.78 is 11.7. The highest BCUT2D eigenvalue weighted by Gasteiger charge is 2.23. The zero-order chi connectivity index (χ0) is 27.9.